The number of rotatable bonds is 9. The lowest BCUT2D eigenvalue weighted by atomic mass is 10.00. The Labute approximate surface area is 249 Å². The number of alkyl halides is 3. The fourth-order valence-electron chi connectivity index (χ4n) is 4.30. The number of benzene rings is 3. The number of fused-ring (bicyclic) bond motifs is 1. The van der Waals surface area contributed by atoms with Crippen molar-refractivity contribution in [2.45, 2.75) is 23.9 Å². The quantitative estimate of drug-likeness (QED) is 0.183. The van der Waals surface area contributed by atoms with E-state index in [0.717, 1.165) is 29.5 Å². The van der Waals surface area contributed by atoms with Crippen molar-refractivity contribution in [3.8, 4) is 16.9 Å². The molecule has 0 radical (unpaired) electrons. The van der Waals surface area contributed by atoms with Crippen molar-refractivity contribution < 1.29 is 35.5 Å². The summed E-state index contributed by atoms with van der Waals surface area (Å²) in [4.78, 5) is 16.6. The van der Waals surface area contributed by atoms with E-state index in [-0.39, 0.29) is 28.3 Å². The Morgan fingerprint density at radius 2 is 1.61 bits per heavy atom. The third-order valence-corrected chi connectivity index (χ3v) is 7.71. The van der Waals surface area contributed by atoms with Crippen molar-refractivity contribution in [3.05, 3.63) is 96.4 Å². The van der Waals surface area contributed by atoms with Gasteiger partial charge in [-0.15, -0.1) is 5.10 Å². The molecule has 0 spiro atoms. The van der Waals surface area contributed by atoms with Gasteiger partial charge in [-0.25, -0.2) is 17.3 Å². The third kappa shape index (κ3) is 7.32. The predicted molar refractivity (Wildman–Crippen MR) is 156 cm³/mol. The van der Waals surface area contributed by atoms with Crippen LogP contribution < -0.4 is 15.4 Å². The number of nitrogens with zero attached hydrogens (tertiary/aromatic N) is 3. The van der Waals surface area contributed by atoms with Crippen LogP contribution in [0.3, 0.4) is 0 Å². The molecule has 9 nitrogen and oxygen atoms in total. The molecule has 0 saturated heterocycles. The first-order valence-corrected chi connectivity index (χ1v) is 15.0. The summed E-state index contributed by atoms with van der Waals surface area (Å²) >= 11 is 0. The summed E-state index contributed by atoms with van der Waals surface area (Å²) in [6.07, 6.45) is -2.06. The van der Waals surface area contributed by atoms with E-state index in [1.807, 2.05) is 18.2 Å². The van der Waals surface area contributed by atoms with Gasteiger partial charge in [0.25, 0.3) is 0 Å². The number of nitrogens with one attached hydrogen (secondary N) is 2. The molecule has 44 heavy (non-hydrogen) atoms. The third-order valence-electron chi connectivity index (χ3n) is 6.57. The Balaban J connectivity index is 1.30. The van der Waals surface area contributed by atoms with Gasteiger partial charge in [0, 0.05) is 35.5 Å². The first-order chi connectivity index (χ1) is 20.7. The zero-order chi connectivity index (χ0) is 31.6. The Morgan fingerprint density at radius 1 is 0.955 bits per heavy atom. The minimum Gasteiger partial charge on any atom is -0.483 e. The fraction of sp³-hybridized carbons (Fsp3) is 0.167. The minimum absolute atomic E-state index is 0.115. The van der Waals surface area contributed by atoms with Gasteiger partial charge in [-0.05, 0) is 66.6 Å². The summed E-state index contributed by atoms with van der Waals surface area (Å²) in [5.41, 5.74) is 3.57. The zero-order valence-corrected chi connectivity index (χ0v) is 24.1. The van der Waals surface area contributed by atoms with Crippen molar-refractivity contribution in [1.29, 1.82) is 0 Å². The van der Waals surface area contributed by atoms with Crippen LogP contribution in [-0.4, -0.2) is 48.0 Å². The van der Waals surface area contributed by atoms with E-state index in [0.29, 0.717) is 16.9 Å². The summed E-state index contributed by atoms with van der Waals surface area (Å²) in [7, 11) is -3.86. The number of halogens is 4. The highest BCUT2D eigenvalue weighted by atomic mass is 32.2. The second kappa shape index (κ2) is 12.0. The van der Waals surface area contributed by atoms with Gasteiger partial charge >= 0.3 is 6.18 Å². The summed E-state index contributed by atoms with van der Waals surface area (Å²) in [6.45, 7) is 0.0789. The van der Waals surface area contributed by atoms with Gasteiger partial charge in [-0.3, -0.25) is 4.79 Å². The monoisotopic (exact) mass is 627 g/mol. The molecule has 0 saturated carbocycles. The number of pyridine rings is 1. The molecule has 228 valence electrons. The normalized spacial score (nSPS) is 12.6. The fourth-order valence-corrected chi connectivity index (χ4v) is 5.10. The highest BCUT2D eigenvalue weighted by molar-refractivity contribution is 7.90. The summed E-state index contributed by atoms with van der Waals surface area (Å²) in [6, 6.07) is 20.1. The van der Waals surface area contributed by atoms with E-state index in [1.165, 1.54) is 22.7 Å². The lowest BCUT2D eigenvalue weighted by Crippen LogP contribution is -2.20. The van der Waals surface area contributed by atoms with Crippen molar-refractivity contribution >= 4 is 38.7 Å². The molecule has 3 aromatic carbocycles. The van der Waals surface area contributed by atoms with Gasteiger partial charge in [0.1, 0.15) is 16.5 Å². The number of anilines is 3. The first kappa shape index (κ1) is 30.5. The highest BCUT2D eigenvalue weighted by Gasteiger charge is 2.29. The molecule has 0 bridgehead atoms. The minimum atomic E-state index is -4.66. The second-order valence-corrected chi connectivity index (χ2v) is 11.9. The molecule has 0 fully saturated rings. The zero-order valence-electron chi connectivity index (χ0n) is 23.3. The number of amides is 1. The molecule has 5 aromatic rings. The number of hydrogen-bond donors (Lipinski definition) is 2. The van der Waals surface area contributed by atoms with Crippen LogP contribution in [0.1, 0.15) is 18.4 Å². The molecule has 2 N–H and O–H groups in total. The van der Waals surface area contributed by atoms with Crippen molar-refractivity contribution in [3.63, 3.8) is 0 Å². The maximum Gasteiger partial charge on any atom is 0.422 e. The van der Waals surface area contributed by atoms with Crippen LogP contribution in [0.4, 0.5) is 34.9 Å². The molecule has 0 aliphatic rings. The number of ether oxygens (including phenoxy) is 1. The maximum absolute atomic E-state index is 13.2. The molecule has 2 aromatic heterocycles. The average Bonchev–Trinajstić information content (AvgIpc) is 3.37. The van der Waals surface area contributed by atoms with Gasteiger partial charge in [-0.1, -0.05) is 24.3 Å². The Morgan fingerprint density at radius 3 is 2.27 bits per heavy atom. The van der Waals surface area contributed by atoms with Crippen LogP contribution in [-0.2, 0) is 14.6 Å². The number of carbonyl (C=O) groups is 1. The topological polar surface area (TPSA) is 115 Å². The SMILES string of the molecule is C[C@@H](C(=O)Nc1ccc(-c2ccc3nc(Nc4ccc(S(C)(=O)=O)c(OCC(F)(F)F)c4)nn3c2)cc1)c1ccc(F)cc1. The van der Waals surface area contributed by atoms with Crippen molar-refractivity contribution in [2.75, 3.05) is 23.5 Å². The molecule has 5 rings (SSSR count). The van der Waals surface area contributed by atoms with Crippen LogP contribution in [0.2, 0.25) is 0 Å². The van der Waals surface area contributed by atoms with Crippen molar-refractivity contribution in [1.82, 2.24) is 14.6 Å². The molecule has 1 amide bonds. The second-order valence-electron chi connectivity index (χ2n) is 9.96. The average molecular weight is 628 g/mol. The number of aromatic nitrogens is 3. The number of sulfone groups is 1. The van der Waals surface area contributed by atoms with E-state index >= 15 is 0 Å². The Hall–Kier alpha value is -4.98. The molecule has 2 heterocycles. The van der Waals surface area contributed by atoms with Crippen LogP contribution in [0.25, 0.3) is 16.8 Å². The van der Waals surface area contributed by atoms with E-state index < -0.39 is 34.3 Å². The van der Waals surface area contributed by atoms with Crippen LogP contribution >= 0.6 is 0 Å². The lowest BCUT2D eigenvalue weighted by molar-refractivity contribution is -0.153. The van der Waals surface area contributed by atoms with Crippen LogP contribution in [0.15, 0.2) is 90.0 Å². The highest BCUT2D eigenvalue weighted by Crippen LogP contribution is 2.31. The Kier molecular flexibility index (Phi) is 8.28. The lowest BCUT2D eigenvalue weighted by Gasteiger charge is -2.13. The molecule has 0 aliphatic heterocycles. The van der Waals surface area contributed by atoms with Gasteiger partial charge in [-0.2, -0.15) is 18.2 Å². The van der Waals surface area contributed by atoms with Crippen LogP contribution in [0.5, 0.6) is 5.75 Å². The van der Waals surface area contributed by atoms with E-state index in [2.05, 4.69) is 20.7 Å². The van der Waals surface area contributed by atoms with Gasteiger partial charge in [0.2, 0.25) is 11.9 Å². The maximum atomic E-state index is 13.2. The predicted octanol–water partition coefficient (Wildman–Crippen LogP) is 6.37. The van der Waals surface area contributed by atoms with E-state index in [1.54, 1.807) is 43.5 Å². The molecular formula is C30H25F4N5O4S. The summed E-state index contributed by atoms with van der Waals surface area (Å²) < 4.78 is 81.7. The van der Waals surface area contributed by atoms with Gasteiger partial charge in [0.05, 0.1) is 5.92 Å². The molecular weight excluding hydrogens is 602 g/mol. The van der Waals surface area contributed by atoms with E-state index in [4.69, 9.17) is 4.74 Å². The number of carbonyl (C=O) groups excluding carboxylic acids is 1. The summed E-state index contributed by atoms with van der Waals surface area (Å²) in [5, 5.41) is 10.1. The molecule has 1 atom stereocenters. The van der Waals surface area contributed by atoms with Crippen LogP contribution in [0, 0.1) is 5.82 Å². The standard InChI is InChI=1S/C30H25F4N5O4S/c1-18(19-3-8-22(31)9-4-19)28(40)35-23-10-5-20(6-11-23)21-7-14-27-37-29(38-39(27)16-21)36-24-12-13-26(44(2,41)42)25(15-24)43-17-30(32,33)34/h3-16,18H,17H2,1-2H3,(H,35,40)(H,36,38)/t18-/m1/s1. The number of hydrogen-bond acceptors (Lipinski definition) is 7. The summed E-state index contributed by atoms with van der Waals surface area (Å²) in [5.74, 6) is -1.43. The Bertz CT molecular complexity index is 1930. The van der Waals surface area contributed by atoms with Crippen molar-refractivity contribution in [2.24, 2.45) is 0 Å². The first-order valence-electron chi connectivity index (χ1n) is 13.1. The molecule has 0 unspecified atom stereocenters. The van der Waals surface area contributed by atoms with Gasteiger partial charge in [0.15, 0.2) is 22.1 Å². The molecule has 14 heteroatoms. The smallest absolute Gasteiger partial charge is 0.422 e. The largest absolute Gasteiger partial charge is 0.483 e. The van der Waals surface area contributed by atoms with Gasteiger partial charge < -0.3 is 15.4 Å². The molecule has 0 aliphatic carbocycles. The van der Waals surface area contributed by atoms with E-state index in [9.17, 15) is 30.8 Å².